The zero-order chi connectivity index (χ0) is 10.7. The number of benzene rings is 1. The van der Waals surface area contributed by atoms with Gasteiger partial charge >= 0.3 is 5.97 Å². The Kier molecular flexibility index (Phi) is 3.77. The van der Waals surface area contributed by atoms with Crippen LogP contribution in [0.15, 0.2) is 22.7 Å². The molecule has 0 aliphatic heterocycles. The van der Waals surface area contributed by atoms with Gasteiger partial charge in [-0.3, -0.25) is 0 Å². The van der Waals surface area contributed by atoms with Crippen LogP contribution in [0, 0.1) is 0 Å². The van der Waals surface area contributed by atoms with Crippen molar-refractivity contribution in [3.05, 3.63) is 27.7 Å². The fourth-order valence-corrected chi connectivity index (χ4v) is 1.53. The highest BCUT2D eigenvalue weighted by Gasteiger charge is 2.14. The first-order valence-electron chi connectivity index (χ1n) is 3.85. The van der Waals surface area contributed by atoms with E-state index in [9.17, 15) is 4.79 Å². The smallest absolute Gasteiger partial charge is 0.344 e. The lowest BCUT2D eigenvalue weighted by atomic mass is 10.3. The maximum atomic E-state index is 10.5. The van der Waals surface area contributed by atoms with Crippen molar-refractivity contribution in [3.63, 3.8) is 0 Å². The second-order valence-electron chi connectivity index (χ2n) is 2.67. The predicted octanol–water partition coefficient (Wildman–Crippen LogP) is 2.95. The molecule has 0 aromatic heterocycles. The molecule has 0 heterocycles. The van der Waals surface area contributed by atoms with Gasteiger partial charge in [-0.05, 0) is 25.1 Å². The molecule has 0 radical (unpaired) electrons. The highest BCUT2D eigenvalue weighted by molar-refractivity contribution is 9.10. The second kappa shape index (κ2) is 4.66. The summed E-state index contributed by atoms with van der Waals surface area (Å²) in [5.74, 6) is -0.659. The van der Waals surface area contributed by atoms with Gasteiger partial charge in [-0.1, -0.05) is 27.5 Å². The minimum absolute atomic E-state index is 0.366. The minimum Gasteiger partial charge on any atom is -0.479 e. The lowest BCUT2D eigenvalue weighted by Crippen LogP contribution is -2.22. The van der Waals surface area contributed by atoms with E-state index >= 15 is 0 Å². The molecule has 76 valence electrons. The van der Waals surface area contributed by atoms with Crippen LogP contribution in [0.1, 0.15) is 6.92 Å². The SMILES string of the molecule is CC(Oc1ccc(Br)cc1Cl)C(=O)O. The van der Waals surface area contributed by atoms with E-state index in [1.807, 2.05) is 0 Å². The third-order valence-electron chi connectivity index (χ3n) is 1.55. The van der Waals surface area contributed by atoms with Crippen molar-refractivity contribution in [1.29, 1.82) is 0 Å². The molecule has 0 amide bonds. The van der Waals surface area contributed by atoms with Crippen LogP contribution in [-0.2, 0) is 4.79 Å². The number of carbonyl (C=O) groups is 1. The standard InChI is InChI=1S/C9H8BrClO3/c1-5(9(12)13)14-8-3-2-6(10)4-7(8)11/h2-5H,1H3,(H,12,13). The van der Waals surface area contributed by atoms with Crippen LogP contribution in [0.4, 0.5) is 0 Å². The highest BCUT2D eigenvalue weighted by atomic mass is 79.9. The fourth-order valence-electron chi connectivity index (χ4n) is 0.812. The summed E-state index contributed by atoms with van der Waals surface area (Å²) in [6.07, 6.45) is -0.909. The van der Waals surface area contributed by atoms with Gasteiger partial charge in [-0.2, -0.15) is 0 Å². The normalized spacial score (nSPS) is 12.2. The van der Waals surface area contributed by atoms with E-state index in [4.69, 9.17) is 21.4 Å². The van der Waals surface area contributed by atoms with Crippen molar-refractivity contribution in [2.45, 2.75) is 13.0 Å². The molecule has 5 heteroatoms. The van der Waals surface area contributed by atoms with Gasteiger partial charge in [0.1, 0.15) is 5.75 Å². The van der Waals surface area contributed by atoms with Gasteiger partial charge < -0.3 is 9.84 Å². The first kappa shape index (κ1) is 11.3. The molecule has 1 aromatic carbocycles. The number of hydrogen-bond donors (Lipinski definition) is 1. The molecule has 0 bridgehead atoms. The van der Waals surface area contributed by atoms with Crippen LogP contribution >= 0.6 is 27.5 Å². The van der Waals surface area contributed by atoms with Gasteiger partial charge in [0.2, 0.25) is 0 Å². The van der Waals surface area contributed by atoms with Gasteiger partial charge in [-0.15, -0.1) is 0 Å². The number of hydrogen-bond acceptors (Lipinski definition) is 2. The summed E-state index contributed by atoms with van der Waals surface area (Å²) in [7, 11) is 0. The average molecular weight is 280 g/mol. The summed E-state index contributed by atoms with van der Waals surface area (Å²) in [6.45, 7) is 1.45. The summed E-state index contributed by atoms with van der Waals surface area (Å²) < 4.78 is 5.93. The van der Waals surface area contributed by atoms with E-state index in [-0.39, 0.29) is 0 Å². The van der Waals surface area contributed by atoms with Crippen molar-refractivity contribution < 1.29 is 14.6 Å². The highest BCUT2D eigenvalue weighted by Crippen LogP contribution is 2.28. The van der Waals surface area contributed by atoms with E-state index in [1.54, 1.807) is 18.2 Å². The number of rotatable bonds is 3. The average Bonchev–Trinajstić information content (AvgIpc) is 2.09. The third-order valence-corrected chi connectivity index (χ3v) is 2.33. The van der Waals surface area contributed by atoms with Crippen molar-refractivity contribution in [2.75, 3.05) is 0 Å². The Morgan fingerprint density at radius 2 is 2.29 bits per heavy atom. The van der Waals surface area contributed by atoms with Gasteiger partial charge in [0.15, 0.2) is 6.10 Å². The van der Waals surface area contributed by atoms with Gasteiger partial charge in [0, 0.05) is 4.47 Å². The van der Waals surface area contributed by atoms with E-state index in [0.29, 0.717) is 10.8 Å². The first-order valence-corrected chi connectivity index (χ1v) is 5.02. The quantitative estimate of drug-likeness (QED) is 0.925. The van der Waals surface area contributed by atoms with Crippen molar-refractivity contribution >= 4 is 33.5 Å². The van der Waals surface area contributed by atoms with Crippen molar-refractivity contribution in [2.24, 2.45) is 0 Å². The van der Waals surface area contributed by atoms with E-state index in [1.165, 1.54) is 6.92 Å². The van der Waals surface area contributed by atoms with Crippen LogP contribution in [0.2, 0.25) is 5.02 Å². The topological polar surface area (TPSA) is 46.5 Å². The van der Waals surface area contributed by atoms with Crippen LogP contribution in [0.25, 0.3) is 0 Å². The van der Waals surface area contributed by atoms with Crippen LogP contribution in [0.3, 0.4) is 0 Å². The molecule has 0 saturated heterocycles. The molecule has 1 rings (SSSR count). The molecule has 3 nitrogen and oxygen atoms in total. The maximum Gasteiger partial charge on any atom is 0.344 e. The Hall–Kier alpha value is -0.740. The number of carboxylic acid groups (broad SMARTS) is 1. The fraction of sp³-hybridized carbons (Fsp3) is 0.222. The summed E-state index contributed by atoms with van der Waals surface area (Å²) in [4.78, 5) is 10.5. The summed E-state index contributed by atoms with van der Waals surface area (Å²) >= 11 is 9.07. The van der Waals surface area contributed by atoms with Crippen LogP contribution in [-0.4, -0.2) is 17.2 Å². The Balaban J connectivity index is 2.82. The van der Waals surface area contributed by atoms with E-state index in [2.05, 4.69) is 15.9 Å². The second-order valence-corrected chi connectivity index (χ2v) is 4.00. The zero-order valence-corrected chi connectivity index (χ0v) is 9.67. The maximum absolute atomic E-state index is 10.5. The molecule has 0 saturated carbocycles. The number of halogens is 2. The summed E-state index contributed by atoms with van der Waals surface area (Å²) in [5.41, 5.74) is 0. The monoisotopic (exact) mass is 278 g/mol. The van der Waals surface area contributed by atoms with Crippen LogP contribution < -0.4 is 4.74 Å². The Morgan fingerprint density at radius 3 is 2.79 bits per heavy atom. The molecule has 1 aromatic rings. The summed E-state index contributed by atoms with van der Waals surface area (Å²) in [5, 5.41) is 8.99. The summed E-state index contributed by atoms with van der Waals surface area (Å²) in [6, 6.07) is 4.99. The van der Waals surface area contributed by atoms with Gasteiger partial charge in [0.05, 0.1) is 5.02 Å². The molecule has 1 atom stereocenters. The molecule has 0 aliphatic rings. The first-order chi connectivity index (χ1) is 6.50. The minimum atomic E-state index is -1.02. The predicted molar refractivity (Wildman–Crippen MR) is 56.9 cm³/mol. The largest absolute Gasteiger partial charge is 0.479 e. The van der Waals surface area contributed by atoms with Crippen molar-refractivity contribution in [1.82, 2.24) is 0 Å². The van der Waals surface area contributed by atoms with E-state index in [0.717, 1.165) is 4.47 Å². The molecule has 14 heavy (non-hydrogen) atoms. The Morgan fingerprint density at radius 1 is 1.64 bits per heavy atom. The van der Waals surface area contributed by atoms with Gasteiger partial charge in [0.25, 0.3) is 0 Å². The van der Waals surface area contributed by atoms with Crippen molar-refractivity contribution in [3.8, 4) is 5.75 Å². The lowest BCUT2D eigenvalue weighted by Gasteiger charge is -2.11. The third kappa shape index (κ3) is 2.89. The Bertz CT molecular complexity index is 354. The molecule has 0 aliphatic carbocycles. The molecule has 1 unspecified atom stereocenters. The van der Waals surface area contributed by atoms with Crippen LogP contribution in [0.5, 0.6) is 5.75 Å². The molecular weight excluding hydrogens is 271 g/mol. The molecule has 1 N–H and O–H groups in total. The number of aliphatic carboxylic acids is 1. The van der Waals surface area contributed by atoms with Gasteiger partial charge in [-0.25, -0.2) is 4.79 Å². The molecular formula is C9H8BrClO3. The number of carboxylic acids is 1. The zero-order valence-electron chi connectivity index (χ0n) is 7.33. The Labute approximate surface area is 94.8 Å². The number of ether oxygens (including phenoxy) is 1. The van der Waals surface area contributed by atoms with E-state index < -0.39 is 12.1 Å². The lowest BCUT2D eigenvalue weighted by molar-refractivity contribution is -0.144. The molecule has 0 spiro atoms. The molecule has 0 fully saturated rings.